The number of nitrogens with one attached hydrogen (secondary N) is 1. The van der Waals surface area contributed by atoms with Crippen molar-refractivity contribution in [3.05, 3.63) is 0 Å². The Kier molecular flexibility index (Phi) is 9.04. The first-order valence-corrected chi connectivity index (χ1v) is 7.34. The van der Waals surface area contributed by atoms with E-state index in [0.29, 0.717) is 18.7 Å². The van der Waals surface area contributed by atoms with Crippen LogP contribution in [-0.2, 0) is 14.6 Å². The summed E-state index contributed by atoms with van der Waals surface area (Å²) in [5.41, 5.74) is 0. The smallest absolute Gasteiger partial charge is 0.151 e. The van der Waals surface area contributed by atoms with Crippen LogP contribution in [0.2, 0.25) is 0 Å². The molecule has 0 aliphatic heterocycles. The van der Waals surface area contributed by atoms with Gasteiger partial charge in [0, 0.05) is 26.0 Å². The van der Waals surface area contributed by atoms with Gasteiger partial charge < -0.3 is 10.1 Å². The van der Waals surface area contributed by atoms with Gasteiger partial charge in [0.25, 0.3) is 0 Å². The molecule has 0 radical (unpaired) electrons. The van der Waals surface area contributed by atoms with Crippen LogP contribution in [0.3, 0.4) is 0 Å². The van der Waals surface area contributed by atoms with Gasteiger partial charge in [0.2, 0.25) is 0 Å². The van der Waals surface area contributed by atoms with Crippen molar-refractivity contribution in [1.29, 1.82) is 0 Å². The summed E-state index contributed by atoms with van der Waals surface area (Å²) in [6, 6.07) is 0. The molecule has 0 aromatic heterocycles. The first-order chi connectivity index (χ1) is 7.12. The summed E-state index contributed by atoms with van der Waals surface area (Å²) in [4.78, 5) is 0. The standard InChI is InChI=1S/C10H23NO3S/c1-3-9-15(12,13)10-7-11-6-4-5-8-14-2/h11H,3-10H2,1-2H3. The van der Waals surface area contributed by atoms with Crippen LogP contribution in [0.4, 0.5) is 0 Å². The van der Waals surface area contributed by atoms with E-state index in [4.69, 9.17) is 4.74 Å². The normalized spacial score (nSPS) is 11.9. The Labute approximate surface area is 93.3 Å². The van der Waals surface area contributed by atoms with Crippen molar-refractivity contribution in [2.24, 2.45) is 0 Å². The lowest BCUT2D eigenvalue weighted by molar-refractivity contribution is 0.192. The van der Waals surface area contributed by atoms with Crippen molar-refractivity contribution < 1.29 is 13.2 Å². The lowest BCUT2D eigenvalue weighted by Crippen LogP contribution is -2.25. The van der Waals surface area contributed by atoms with Crippen molar-refractivity contribution in [2.45, 2.75) is 26.2 Å². The second-order valence-corrected chi connectivity index (χ2v) is 5.91. The molecule has 0 saturated carbocycles. The molecule has 0 unspecified atom stereocenters. The van der Waals surface area contributed by atoms with E-state index < -0.39 is 9.84 Å². The van der Waals surface area contributed by atoms with Crippen molar-refractivity contribution in [2.75, 3.05) is 38.3 Å². The Morgan fingerprint density at radius 3 is 2.47 bits per heavy atom. The van der Waals surface area contributed by atoms with Gasteiger partial charge in [-0.05, 0) is 25.8 Å². The second kappa shape index (κ2) is 9.12. The second-order valence-electron chi connectivity index (χ2n) is 3.60. The summed E-state index contributed by atoms with van der Waals surface area (Å²) in [7, 11) is -1.13. The van der Waals surface area contributed by atoms with E-state index in [0.717, 1.165) is 26.0 Å². The molecule has 0 aromatic carbocycles. The Morgan fingerprint density at radius 2 is 1.87 bits per heavy atom. The molecule has 0 heterocycles. The van der Waals surface area contributed by atoms with Gasteiger partial charge in [-0.2, -0.15) is 0 Å². The van der Waals surface area contributed by atoms with Crippen LogP contribution in [0.5, 0.6) is 0 Å². The molecule has 1 N–H and O–H groups in total. The maximum atomic E-state index is 11.3. The number of rotatable bonds is 10. The molecule has 0 aliphatic carbocycles. The number of unbranched alkanes of at least 4 members (excludes halogenated alkanes) is 1. The van der Waals surface area contributed by atoms with Gasteiger partial charge in [-0.3, -0.25) is 0 Å². The van der Waals surface area contributed by atoms with Crippen LogP contribution in [0.25, 0.3) is 0 Å². The molecule has 5 heteroatoms. The minimum Gasteiger partial charge on any atom is -0.385 e. The molecule has 0 aliphatic rings. The molecule has 0 bridgehead atoms. The van der Waals surface area contributed by atoms with E-state index in [-0.39, 0.29) is 5.75 Å². The largest absolute Gasteiger partial charge is 0.385 e. The molecule has 0 spiro atoms. The van der Waals surface area contributed by atoms with Crippen molar-refractivity contribution in [3.8, 4) is 0 Å². The van der Waals surface area contributed by atoms with Crippen LogP contribution in [0.1, 0.15) is 26.2 Å². The third kappa shape index (κ3) is 10.2. The van der Waals surface area contributed by atoms with E-state index in [2.05, 4.69) is 5.32 Å². The molecular formula is C10H23NO3S. The number of methoxy groups -OCH3 is 1. The summed E-state index contributed by atoms with van der Waals surface area (Å²) in [5.74, 6) is 0.559. The van der Waals surface area contributed by atoms with Gasteiger partial charge >= 0.3 is 0 Å². The van der Waals surface area contributed by atoms with Crippen LogP contribution in [0, 0.1) is 0 Å². The summed E-state index contributed by atoms with van der Waals surface area (Å²) in [6.07, 6.45) is 2.75. The fourth-order valence-electron chi connectivity index (χ4n) is 1.26. The molecule has 0 fully saturated rings. The van der Waals surface area contributed by atoms with Gasteiger partial charge in [-0.25, -0.2) is 8.42 Å². The first-order valence-electron chi connectivity index (χ1n) is 5.52. The monoisotopic (exact) mass is 237 g/mol. The summed E-state index contributed by atoms with van der Waals surface area (Å²) in [6.45, 7) is 4.09. The maximum absolute atomic E-state index is 11.3. The fourth-order valence-corrected chi connectivity index (χ4v) is 2.54. The number of hydrogen-bond acceptors (Lipinski definition) is 4. The molecule has 0 rings (SSSR count). The van der Waals surface area contributed by atoms with Gasteiger partial charge in [-0.15, -0.1) is 0 Å². The van der Waals surface area contributed by atoms with Crippen LogP contribution in [-0.4, -0.2) is 46.7 Å². The number of ether oxygens (including phenoxy) is 1. The average molecular weight is 237 g/mol. The van der Waals surface area contributed by atoms with E-state index in [1.807, 2.05) is 6.92 Å². The first kappa shape index (κ1) is 14.9. The zero-order chi connectivity index (χ0) is 11.6. The highest BCUT2D eigenvalue weighted by Crippen LogP contribution is 1.92. The molecular weight excluding hydrogens is 214 g/mol. The van der Waals surface area contributed by atoms with Crippen molar-refractivity contribution in [1.82, 2.24) is 5.32 Å². The third-order valence-electron chi connectivity index (χ3n) is 2.06. The number of sulfone groups is 1. The van der Waals surface area contributed by atoms with Crippen molar-refractivity contribution >= 4 is 9.84 Å². The highest BCUT2D eigenvalue weighted by Gasteiger charge is 2.07. The Morgan fingerprint density at radius 1 is 1.13 bits per heavy atom. The van der Waals surface area contributed by atoms with Gasteiger partial charge in [0.1, 0.15) is 0 Å². The Bertz CT molecular complexity index is 227. The van der Waals surface area contributed by atoms with Gasteiger partial charge in [0.05, 0.1) is 5.75 Å². The average Bonchev–Trinajstić information content (AvgIpc) is 2.16. The lowest BCUT2D eigenvalue weighted by Gasteiger charge is -2.05. The minimum absolute atomic E-state index is 0.255. The van der Waals surface area contributed by atoms with Gasteiger partial charge in [-0.1, -0.05) is 6.92 Å². The number of hydrogen-bond donors (Lipinski definition) is 1. The molecule has 15 heavy (non-hydrogen) atoms. The Balaban J connectivity index is 3.31. The predicted octanol–water partition coefficient (Wildman–Crippen LogP) is 0.827. The SMILES string of the molecule is CCCS(=O)(=O)CCNCCCCOC. The zero-order valence-electron chi connectivity index (χ0n) is 9.79. The highest BCUT2D eigenvalue weighted by molar-refractivity contribution is 7.91. The zero-order valence-corrected chi connectivity index (χ0v) is 10.6. The Hall–Kier alpha value is -0.130. The lowest BCUT2D eigenvalue weighted by atomic mass is 10.3. The molecule has 4 nitrogen and oxygen atoms in total. The highest BCUT2D eigenvalue weighted by atomic mass is 32.2. The maximum Gasteiger partial charge on any atom is 0.151 e. The van der Waals surface area contributed by atoms with E-state index in [1.54, 1.807) is 7.11 Å². The van der Waals surface area contributed by atoms with Crippen LogP contribution < -0.4 is 5.32 Å². The van der Waals surface area contributed by atoms with E-state index in [1.165, 1.54) is 0 Å². The topological polar surface area (TPSA) is 55.4 Å². The fraction of sp³-hybridized carbons (Fsp3) is 1.00. The summed E-state index contributed by atoms with van der Waals surface area (Å²) in [5, 5.41) is 3.12. The molecule has 0 saturated heterocycles. The van der Waals surface area contributed by atoms with E-state index in [9.17, 15) is 8.42 Å². The molecule has 92 valence electrons. The molecule has 0 amide bonds. The van der Waals surface area contributed by atoms with Crippen LogP contribution in [0.15, 0.2) is 0 Å². The van der Waals surface area contributed by atoms with Crippen LogP contribution >= 0.6 is 0 Å². The third-order valence-corrected chi connectivity index (χ3v) is 3.91. The minimum atomic E-state index is -2.82. The van der Waals surface area contributed by atoms with Crippen molar-refractivity contribution in [3.63, 3.8) is 0 Å². The predicted molar refractivity (Wildman–Crippen MR) is 62.9 cm³/mol. The van der Waals surface area contributed by atoms with Gasteiger partial charge in [0.15, 0.2) is 9.84 Å². The quantitative estimate of drug-likeness (QED) is 0.572. The van der Waals surface area contributed by atoms with E-state index >= 15 is 0 Å². The summed E-state index contributed by atoms with van der Waals surface area (Å²) < 4.78 is 27.5. The summed E-state index contributed by atoms with van der Waals surface area (Å²) >= 11 is 0. The molecule has 0 aromatic rings. The molecule has 0 atom stereocenters.